The normalized spacial score (nSPS) is 11.8. The Labute approximate surface area is 126 Å². The molecule has 3 N–H and O–H groups in total. The number of carboxylic acids is 2. The van der Waals surface area contributed by atoms with Crippen LogP contribution in [0.15, 0.2) is 22.2 Å². The average molecular weight is 326 g/mol. The highest BCUT2D eigenvalue weighted by atomic mass is 32.1. The first-order valence-electron chi connectivity index (χ1n) is 5.71. The molecule has 2 heterocycles. The molecule has 0 aliphatic carbocycles. The van der Waals surface area contributed by atoms with Crippen LogP contribution in [0.3, 0.4) is 0 Å². The van der Waals surface area contributed by atoms with Crippen molar-refractivity contribution < 1.29 is 24.6 Å². The topological polar surface area (TPSA) is 117 Å². The molecule has 0 aliphatic heterocycles. The Morgan fingerprint density at radius 3 is 2.62 bits per heavy atom. The van der Waals surface area contributed by atoms with Crippen molar-refractivity contribution >= 4 is 40.5 Å². The van der Waals surface area contributed by atoms with Crippen molar-refractivity contribution in [2.75, 3.05) is 0 Å². The lowest BCUT2D eigenvalue weighted by Crippen LogP contribution is -2.42. The Kier molecular flexibility index (Phi) is 4.66. The lowest BCUT2D eigenvalue weighted by atomic mass is 10.2. The van der Waals surface area contributed by atoms with E-state index in [9.17, 15) is 14.4 Å². The molecular weight excluding hydrogens is 316 g/mol. The van der Waals surface area contributed by atoms with Gasteiger partial charge in [-0.1, -0.05) is 0 Å². The lowest BCUT2D eigenvalue weighted by Gasteiger charge is -2.10. The Morgan fingerprint density at radius 1 is 1.29 bits per heavy atom. The standard InChI is InChI=1S/C12H10N2O5S2/c15-9(16)3-7(12(18)19)13-10(17)8-5-21-11(14-8)6-1-2-20-4-6/h1-2,4-5,7H,3H2,(H,13,17)(H,15,16)(H,18,19)/t7-/m0/s1. The second-order valence-electron chi connectivity index (χ2n) is 4.01. The SMILES string of the molecule is O=C(O)C[C@H](NC(=O)c1csc(-c2ccsc2)n1)C(=O)O. The van der Waals surface area contributed by atoms with E-state index in [4.69, 9.17) is 10.2 Å². The van der Waals surface area contributed by atoms with E-state index in [1.54, 1.807) is 0 Å². The number of rotatable bonds is 6. The van der Waals surface area contributed by atoms with Gasteiger partial charge in [0.25, 0.3) is 5.91 Å². The number of nitrogens with zero attached hydrogens (tertiary/aromatic N) is 1. The molecule has 0 unspecified atom stereocenters. The number of aromatic nitrogens is 1. The third-order valence-corrected chi connectivity index (χ3v) is 4.06. The first-order valence-corrected chi connectivity index (χ1v) is 7.53. The van der Waals surface area contributed by atoms with E-state index in [0.29, 0.717) is 5.01 Å². The Bertz CT molecular complexity index is 665. The number of amides is 1. The van der Waals surface area contributed by atoms with Gasteiger partial charge in [0.15, 0.2) is 0 Å². The van der Waals surface area contributed by atoms with Gasteiger partial charge in [0.05, 0.1) is 6.42 Å². The smallest absolute Gasteiger partial charge is 0.326 e. The van der Waals surface area contributed by atoms with Crippen LogP contribution in [0.25, 0.3) is 10.6 Å². The summed E-state index contributed by atoms with van der Waals surface area (Å²) >= 11 is 2.75. The molecule has 1 amide bonds. The molecule has 0 bridgehead atoms. The van der Waals surface area contributed by atoms with Gasteiger partial charge in [-0.2, -0.15) is 11.3 Å². The lowest BCUT2D eigenvalue weighted by molar-refractivity contribution is -0.145. The zero-order valence-corrected chi connectivity index (χ0v) is 12.1. The van der Waals surface area contributed by atoms with Crippen molar-refractivity contribution in [1.82, 2.24) is 10.3 Å². The van der Waals surface area contributed by atoms with Crippen LogP contribution in [0.4, 0.5) is 0 Å². The third kappa shape index (κ3) is 3.86. The summed E-state index contributed by atoms with van der Waals surface area (Å²) in [6.07, 6.45) is -0.692. The summed E-state index contributed by atoms with van der Waals surface area (Å²) in [7, 11) is 0. The summed E-state index contributed by atoms with van der Waals surface area (Å²) in [4.78, 5) is 37.5. The van der Waals surface area contributed by atoms with E-state index in [1.165, 1.54) is 28.1 Å². The maximum absolute atomic E-state index is 11.9. The Balaban J connectivity index is 2.09. The van der Waals surface area contributed by atoms with Crippen LogP contribution in [-0.4, -0.2) is 39.1 Å². The van der Waals surface area contributed by atoms with Crippen LogP contribution in [0.2, 0.25) is 0 Å². The van der Waals surface area contributed by atoms with Crippen LogP contribution in [0.1, 0.15) is 16.9 Å². The molecule has 1 atom stereocenters. The van der Waals surface area contributed by atoms with Gasteiger partial charge in [-0.05, 0) is 11.4 Å². The number of hydrogen-bond acceptors (Lipinski definition) is 6. The minimum atomic E-state index is -1.48. The molecule has 0 saturated carbocycles. The largest absolute Gasteiger partial charge is 0.481 e. The minimum absolute atomic E-state index is 0.0674. The molecule has 0 spiro atoms. The average Bonchev–Trinajstić information content (AvgIpc) is 3.08. The molecule has 0 aromatic carbocycles. The third-order valence-electron chi connectivity index (χ3n) is 2.49. The van der Waals surface area contributed by atoms with Gasteiger partial charge in [-0.25, -0.2) is 9.78 Å². The summed E-state index contributed by atoms with van der Waals surface area (Å²) in [5.74, 6) is -3.42. The van der Waals surface area contributed by atoms with E-state index in [2.05, 4.69) is 10.3 Å². The van der Waals surface area contributed by atoms with Gasteiger partial charge in [-0.15, -0.1) is 11.3 Å². The highest BCUT2D eigenvalue weighted by molar-refractivity contribution is 7.14. The summed E-state index contributed by atoms with van der Waals surface area (Å²) in [6, 6.07) is 0.372. The molecule has 2 aromatic rings. The zero-order chi connectivity index (χ0) is 15.4. The molecule has 21 heavy (non-hydrogen) atoms. The maximum Gasteiger partial charge on any atom is 0.326 e. The fourth-order valence-corrected chi connectivity index (χ4v) is 3.02. The van der Waals surface area contributed by atoms with Crippen LogP contribution >= 0.6 is 22.7 Å². The van der Waals surface area contributed by atoms with Gasteiger partial charge in [0.1, 0.15) is 16.7 Å². The van der Waals surface area contributed by atoms with Gasteiger partial charge in [-0.3, -0.25) is 9.59 Å². The first kappa shape index (κ1) is 15.1. The van der Waals surface area contributed by atoms with Crippen molar-refractivity contribution in [2.24, 2.45) is 0 Å². The maximum atomic E-state index is 11.9. The quantitative estimate of drug-likeness (QED) is 0.741. The molecule has 0 saturated heterocycles. The van der Waals surface area contributed by atoms with Gasteiger partial charge < -0.3 is 15.5 Å². The first-order chi connectivity index (χ1) is 9.97. The number of thiophene rings is 1. The van der Waals surface area contributed by atoms with Crippen LogP contribution in [-0.2, 0) is 9.59 Å². The second-order valence-corrected chi connectivity index (χ2v) is 5.65. The fraction of sp³-hybridized carbons (Fsp3) is 0.167. The fourth-order valence-electron chi connectivity index (χ4n) is 1.50. The molecule has 0 radical (unpaired) electrons. The summed E-state index contributed by atoms with van der Waals surface area (Å²) in [6.45, 7) is 0. The minimum Gasteiger partial charge on any atom is -0.481 e. The van der Waals surface area contributed by atoms with Gasteiger partial charge in [0.2, 0.25) is 0 Å². The highest BCUT2D eigenvalue weighted by Crippen LogP contribution is 2.25. The number of thiazole rings is 1. The van der Waals surface area contributed by atoms with E-state index in [0.717, 1.165) is 5.56 Å². The second kappa shape index (κ2) is 6.46. The van der Waals surface area contributed by atoms with Crippen molar-refractivity contribution in [3.8, 4) is 10.6 Å². The summed E-state index contributed by atoms with van der Waals surface area (Å²) in [5.41, 5.74) is 0.946. The van der Waals surface area contributed by atoms with Crippen molar-refractivity contribution in [1.29, 1.82) is 0 Å². The van der Waals surface area contributed by atoms with E-state index >= 15 is 0 Å². The van der Waals surface area contributed by atoms with E-state index < -0.39 is 30.3 Å². The number of aliphatic carboxylic acids is 2. The number of carbonyl (C=O) groups excluding carboxylic acids is 1. The zero-order valence-electron chi connectivity index (χ0n) is 10.5. The molecule has 110 valence electrons. The van der Waals surface area contributed by atoms with Crippen molar-refractivity contribution in [3.05, 3.63) is 27.9 Å². The molecule has 2 aromatic heterocycles. The number of carboxylic acid groups (broad SMARTS) is 2. The molecule has 2 rings (SSSR count). The van der Waals surface area contributed by atoms with Crippen LogP contribution in [0, 0.1) is 0 Å². The number of nitrogens with one attached hydrogen (secondary N) is 1. The van der Waals surface area contributed by atoms with E-state index in [-0.39, 0.29) is 5.69 Å². The summed E-state index contributed by atoms with van der Waals surface area (Å²) in [5, 5.41) is 25.6. The van der Waals surface area contributed by atoms with Gasteiger partial charge in [0, 0.05) is 16.3 Å². The molecule has 7 nitrogen and oxygen atoms in total. The summed E-state index contributed by atoms with van der Waals surface area (Å²) < 4.78 is 0. The van der Waals surface area contributed by atoms with Crippen molar-refractivity contribution in [3.63, 3.8) is 0 Å². The van der Waals surface area contributed by atoms with Gasteiger partial charge >= 0.3 is 11.9 Å². The monoisotopic (exact) mass is 326 g/mol. The van der Waals surface area contributed by atoms with Crippen LogP contribution < -0.4 is 5.32 Å². The molecule has 9 heteroatoms. The molecular formula is C12H10N2O5S2. The Morgan fingerprint density at radius 2 is 2.05 bits per heavy atom. The number of hydrogen-bond donors (Lipinski definition) is 3. The molecule has 0 fully saturated rings. The predicted octanol–water partition coefficient (Wildman–Crippen LogP) is 1.53. The molecule has 0 aliphatic rings. The number of carbonyl (C=O) groups is 3. The van der Waals surface area contributed by atoms with E-state index in [1.807, 2.05) is 16.8 Å². The Hall–Kier alpha value is -2.26. The highest BCUT2D eigenvalue weighted by Gasteiger charge is 2.24. The van der Waals surface area contributed by atoms with Crippen LogP contribution in [0.5, 0.6) is 0 Å². The predicted molar refractivity (Wildman–Crippen MR) is 76.6 cm³/mol. The van der Waals surface area contributed by atoms with Crippen molar-refractivity contribution in [2.45, 2.75) is 12.5 Å².